The zero-order chi connectivity index (χ0) is 19.5. The number of hydrogen-bond donors (Lipinski definition) is 0. The number of fused-ring (bicyclic) bond motifs is 1. The van der Waals surface area contributed by atoms with E-state index in [1.807, 2.05) is 47.6 Å². The third-order valence-electron chi connectivity index (χ3n) is 5.17. The lowest BCUT2D eigenvalue weighted by Gasteiger charge is -2.34. The molecule has 26 heavy (non-hydrogen) atoms. The van der Waals surface area contributed by atoms with Crippen LogP contribution in [-0.4, -0.2) is 36.7 Å². The van der Waals surface area contributed by atoms with Crippen molar-refractivity contribution in [3.05, 3.63) is 17.2 Å². The lowest BCUT2D eigenvalue weighted by atomic mass is 9.74. The Morgan fingerprint density at radius 1 is 1.04 bits per heavy atom. The number of benzene rings is 1. The van der Waals surface area contributed by atoms with Crippen molar-refractivity contribution in [2.45, 2.75) is 72.4 Å². The van der Waals surface area contributed by atoms with Crippen molar-refractivity contribution in [3.63, 3.8) is 0 Å². The first-order valence-electron chi connectivity index (χ1n) is 8.97. The van der Waals surface area contributed by atoms with Crippen LogP contribution in [0.25, 0.3) is 0 Å². The first-order chi connectivity index (χ1) is 11.9. The Hall–Kier alpha value is -1.73. The van der Waals surface area contributed by atoms with Gasteiger partial charge in [0.05, 0.1) is 17.8 Å². The van der Waals surface area contributed by atoms with Crippen molar-refractivity contribution >= 4 is 18.6 Å². The molecule has 0 unspecified atom stereocenters. The maximum Gasteiger partial charge on any atom is 0.498 e. The molecule has 0 atom stereocenters. The minimum absolute atomic E-state index is 0.279. The number of cyclic esters (lactones) is 1. The molecule has 2 aliphatic heterocycles. The van der Waals surface area contributed by atoms with E-state index in [1.54, 1.807) is 13.8 Å². The third-order valence-corrected chi connectivity index (χ3v) is 5.17. The van der Waals surface area contributed by atoms with Gasteiger partial charge < -0.3 is 23.5 Å². The second kappa shape index (κ2) is 5.89. The zero-order valence-electron chi connectivity index (χ0n) is 16.8. The topological polar surface area (TPSA) is 63.2 Å². The summed E-state index contributed by atoms with van der Waals surface area (Å²) in [6, 6.07) is 1.81. The summed E-state index contributed by atoms with van der Waals surface area (Å²) in [5.41, 5.74) is 0.852. The van der Waals surface area contributed by atoms with Gasteiger partial charge in [-0.2, -0.15) is 0 Å². The number of esters is 1. The second-order valence-corrected chi connectivity index (χ2v) is 8.22. The van der Waals surface area contributed by atoms with Crippen molar-refractivity contribution < 1.29 is 28.3 Å². The van der Waals surface area contributed by atoms with E-state index >= 15 is 0 Å². The average molecular weight is 362 g/mol. The molecular weight excluding hydrogens is 335 g/mol. The van der Waals surface area contributed by atoms with Crippen LogP contribution < -0.4 is 14.9 Å². The highest BCUT2D eigenvalue weighted by Crippen LogP contribution is 2.41. The first-order valence-corrected chi connectivity index (χ1v) is 8.97. The highest BCUT2D eigenvalue weighted by Gasteiger charge is 2.54. The fourth-order valence-electron chi connectivity index (χ4n) is 3.14. The number of carbonyl (C=O) groups excluding carboxylic acids is 1. The van der Waals surface area contributed by atoms with E-state index in [0.717, 1.165) is 5.56 Å². The van der Waals surface area contributed by atoms with Crippen LogP contribution in [-0.2, 0) is 14.0 Å². The van der Waals surface area contributed by atoms with E-state index in [4.69, 9.17) is 23.5 Å². The summed E-state index contributed by atoms with van der Waals surface area (Å²) in [6.45, 7) is 15.6. The van der Waals surface area contributed by atoms with Gasteiger partial charge in [0.1, 0.15) is 17.1 Å². The molecule has 0 N–H and O–H groups in total. The normalized spacial score (nSPS) is 22.5. The molecule has 0 aromatic heterocycles. The minimum atomic E-state index is -1.08. The third kappa shape index (κ3) is 2.97. The van der Waals surface area contributed by atoms with Crippen LogP contribution in [0, 0.1) is 6.92 Å². The monoisotopic (exact) mass is 362 g/mol. The molecule has 2 heterocycles. The number of aryl methyl sites for hydroxylation is 1. The van der Waals surface area contributed by atoms with Crippen LogP contribution in [0.5, 0.6) is 11.5 Å². The van der Waals surface area contributed by atoms with Gasteiger partial charge in [-0.3, -0.25) is 0 Å². The first kappa shape index (κ1) is 19.0. The fourth-order valence-corrected chi connectivity index (χ4v) is 3.14. The van der Waals surface area contributed by atoms with Crippen LogP contribution >= 0.6 is 0 Å². The van der Waals surface area contributed by atoms with Crippen molar-refractivity contribution in [2.24, 2.45) is 0 Å². The predicted molar refractivity (Wildman–Crippen MR) is 98.2 cm³/mol. The summed E-state index contributed by atoms with van der Waals surface area (Å²) < 4.78 is 29.5. The molecule has 1 aromatic rings. The molecule has 1 aromatic carbocycles. The SMILES string of the molecule is CCOc1cc(C)c(B2OC(C)(C)C(C)(C)O2)c2c1C(=O)OC(C)(C)O2. The van der Waals surface area contributed by atoms with Gasteiger partial charge in [-0.15, -0.1) is 0 Å². The zero-order valence-corrected chi connectivity index (χ0v) is 16.8. The molecule has 0 bridgehead atoms. The number of carbonyl (C=O) groups is 1. The minimum Gasteiger partial charge on any atom is -0.493 e. The van der Waals surface area contributed by atoms with E-state index in [-0.39, 0.29) is 5.56 Å². The molecule has 7 heteroatoms. The van der Waals surface area contributed by atoms with E-state index in [0.29, 0.717) is 23.6 Å². The fraction of sp³-hybridized carbons (Fsp3) is 0.632. The lowest BCUT2D eigenvalue weighted by molar-refractivity contribution is -0.127. The van der Waals surface area contributed by atoms with Gasteiger partial charge >= 0.3 is 13.1 Å². The molecule has 2 aliphatic rings. The average Bonchev–Trinajstić information content (AvgIpc) is 2.64. The molecule has 0 saturated carbocycles. The van der Waals surface area contributed by atoms with E-state index in [1.165, 1.54) is 0 Å². The Kier molecular flexibility index (Phi) is 4.32. The standard InChI is InChI=1S/C19H27BO6/c1-9-22-12-10-11(2)14(20-25-17(3,4)18(5,6)26-20)15-13(12)16(21)24-19(7,8)23-15/h10H,9H2,1-8H3. The van der Waals surface area contributed by atoms with Crippen LogP contribution in [0.1, 0.15) is 64.4 Å². The van der Waals surface area contributed by atoms with Crippen molar-refractivity contribution in [1.82, 2.24) is 0 Å². The van der Waals surface area contributed by atoms with E-state index in [9.17, 15) is 4.79 Å². The molecule has 6 nitrogen and oxygen atoms in total. The molecule has 3 rings (SSSR count). The quantitative estimate of drug-likeness (QED) is 0.609. The summed E-state index contributed by atoms with van der Waals surface area (Å²) in [5.74, 6) is -0.703. The van der Waals surface area contributed by atoms with Crippen LogP contribution in [0.15, 0.2) is 6.07 Å². The molecule has 142 valence electrons. The summed E-state index contributed by atoms with van der Waals surface area (Å²) in [7, 11) is -0.647. The Labute approximate surface area is 155 Å². The number of rotatable bonds is 3. The van der Waals surface area contributed by atoms with Gasteiger partial charge in [-0.1, -0.05) is 0 Å². The lowest BCUT2D eigenvalue weighted by Crippen LogP contribution is -2.45. The largest absolute Gasteiger partial charge is 0.498 e. The summed E-state index contributed by atoms with van der Waals surface area (Å²) in [6.07, 6.45) is 0. The van der Waals surface area contributed by atoms with Gasteiger partial charge in [0.15, 0.2) is 0 Å². The van der Waals surface area contributed by atoms with Gasteiger partial charge in [-0.25, -0.2) is 4.79 Å². The van der Waals surface area contributed by atoms with Gasteiger partial charge in [-0.05, 0) is 53.2 Å². The van der Waals surface area contributed by atoms with E-state index in [2.05, 4.69) is 0 Å². The van der Waals surface area contributed by atoms with E-state index < -0.39 is 30.1 Å². The Morgan fingerprint density at radius 3 is 2.15 bits per heavy atom. The van der Waals surface area contributed by atoms with Crippen molar-refractivity contribution in [3.8, 4) is 11.5 Å². The molecule has 1 saturated heterocycles. The molecule has 1 fully saturated rings. The Bertz CT molecular complexity index is 737. The van der Waals surface area contributed by atoms with Crippen molar-refractivity contribution in [1.29, 1.82) is 0 Å². The number of ether oxygens (including phenoxy) is 3. The molecule has 0 aliphatic carbocycles. The molecule has 0 radical (unpaired) electrons. The van der Waals surface area contributed by atoms with Crippen LogP contribution in [0.3, 0.4) is 0 Å². The second-order valence-electron chi connectivity index (χ2n) is 8.22. The predicted octanol–water partition coefficient (Wildman–Crippen LogP) is 2.98. The highest BCUT2D eigenvalue weighted by molar-refractivity contribution is 6.64. The summed E-state index contributed by atoms with van der Waals surface area (Å²) >= 11 is 0. The van der Waals surface area contributed by atoms with Crippen LogP contribution in [0.2, 0.25) is 0 Å². The molecule has 0 spiro atoms. The maximum atomic E-state index is 12.7. The highest BCUT2D eigenvalue weighted by atomic mass is 16.7. The number of hydrogen-bond acceptors (Lipinski definition) is 6. The van der Waals surface area contributed by atoms with Gasteiger partial charge in [0, 0.05) is 19.3 Å². The maximum absolute atomic E-state index is 12.7. The smallest absolute Gasteiger partial charge is 0.493 e. The Morgan fingerprint density at radius 2 is 1.62 bits per heavy atom. The van der Waals surface area contributed by atoms with Gasteiger partial charge in [0.25, 0.3) is 0 Å². The Balaban J connectivity index is 2.18. The molecular formula is C19H27BO6. The molecule has 0 amide bonds. The van der Waals surface area contributed by atoms with Gasteiger partial charge in [0.2, 0.25) is 5.79 Å². The summed E-state index contributed by atoms with van der Waals surface area (Å²) in [5, 5.41) is 0. The van der Waals surface area contributed by atoms with Crippen LogP contribution in [0.4, 0.5) is 0 Å². The summed E-state index contributed by atoms with van der Waals surface area (Å²) in [4.78, 5) is 12.7. The van der Waals surface area contributed by atoms with Crippen molar-refractivity contribution in [2.75, 3.05) is 6.61 Å².